The van der Waals surface area contributed by atoms with Gasteiger partial charge in [-0.25, -0.2) is 0 Å². The number of carbonyl (C=O) groups excluding carboxylic acids is 2. The van der Waals surface area contributed by atoms with Gasteiger partial charge in [-0.1, -0.05) is 48.7 Å². The SMILES string of the molecule is O=C1c2cccc3cccc(c23)C(=O)N1CCCCCCN1CCN(c2ccc(Cl)cc2)CC1. The lowest BCUT2D eigenvalue weighted by Crippen LogP contribution is -2.46. The van der Waals surface area contributed by atoms with Crippen molar-refractivity contribution in [2.24, 2.45) is 0 Å². The number of hydrogen-bond donors (Lipinski definition) is 0. The highest BCUT2D eigenvalue weighted by molar-refractivity contribution is 6.30. The summed E-state index contributed by atoms with van der Waals surface area (Å²) in [6.45, 7) is 5.81. The first-order chi connectivity index (χ1) is 16.6. The summed E-state index contributed by atoms with van der Waals surface area (Å²) in [5, 5.41) is 2.52. The molecule has 6 heteroatoms. The molecule has 0 aromatic heterocycles. The number of unbranched alkanes of at least 4 members (excludes halogenated alkanes) is 3. The van der Waals surface area contributed by atoms with Crippen LogP contribution in [-0.4, -0.2) is 60.9 Å². The standard InChI is InChI=1S/C28H30ClN3O2/c29-22-11-13-23(14-12-22)31-19-17-30(18-20-31)15-3-1-2-4-16-32-27(33)24-9-5-7-21-8-6-10-25(26(21)24)28(32)34/h5-14H,1-4,15-20H2. The van der Waals surface area contributed by atoms with E-state index in [2.05, 4.69) is 21.9 Å². The van der Waals surface area contributed by atoms with Crippen LogP contribution in [0.3, 0.4) is 0 Å². The molecule has 2 aliphatic rings. The van der Waals surface area contributed by atoms with Crippen LogP contribution >= 0.6 is 11.6 Å². The van der Waals surface area contributed by atoms with Crippen molar-refractivity contribution in [2.45, 2.75) is 25.7 Å². The van der Waals surface area contributed by atoms with E-state index in [9.17, 15) is 9.59 Å². The van der Waals surface area contributed by atoms with Crippen LogP contribution in [0.1, 0.15) is 46.4 Å². The third-order valence-electron chi connectivity index (χ3n) is 7.03. The summed E-state index contributed by atoms with van der Waals surface area (Å²) >= 11 is 6.00. The summed E-state index contributed by atoms with van der Waals surface area (Å²) in [6.07, 6.45) is 4.12. The quantitative estimate of drug-likeness (QED) is 0.320. The smallest absolute Gasteiger partial charge is 0.261 e. The molecule has 34 heavy (non-hydrogen) atoms. The third-order valence-corrected chi connectivity index (χ3v) is 7.28. The molecule has 2 heterocycles. The van der Waals surface area contributed by atoms with Crippen molar-refractivity contribution in [1.29, 1.82) is 0 Å². The topological polar surface area (TPSA) is 43.9 Å². The van der Waals surface area contributed by atoms with Gasteiger partial charge in [0.15, 0.2) is 0 Å². The van der Waals surface area contributed by atoms with Gasteiger partial charge in [0.2, 0.25) is 0 Å². The maximum Gasteiger partial charge on any atom is 0.261 e. The van der Waals surface area contributed by atoms with Gasteiger partial charge in [0, 0.05) is 59.9 Å². The molecule has 2 aliphatic heterocycles. The highest BCUT2D eigenvalue weighted by atomic mass is 35.5. The zero-order valence-electron chi connectivity index (χ0n) is 19.4. The molecule has 0 unspecified atom stereocenters. The van der Waals surface area contributed by atoms with Gasteiger partial charge < -0.3 is 4.90 Å². The van der Waals surface area contributed by atoms with Crippen molar-refractivity contribution >= 4 is 39.9 Å². The van der Waals surface area contributed by atoms with Gasteiger partial charge in [-0.3, -0.25) is 19.4 Å². The van der Waals surface area contributed by atoms with Gasteiger partial charge >= 0.3 is 0 Å². The number of benzene rings is 3. The first-order valence-electron chi connectivity index (χ1n) is 12.2. The minimum atomic E-state index is -0.159. The fraction of sp³-hybridized carbons (Fsp3) is 0.357. The fourth-order valence-electron chi connectivity index (χ4n) is 5.12. The van der Waals surface area contributed by atoms with Gasteiger partial charge in [-0.2, -0.15) is 0 Å². The third kappa shape index (κ3) is 4.68. The Morgan fingerprint density at radius 3 is 1.88 bits per heavy atom. The lowest BCUT2D eigenvalue weighted by Gasteiger charge is -2.36. The number of halogens is 1. The van der Waals surface area contributed by atoms with Crippen molar-refractivity contribution in [3.63, 3.8) is 0 Å². The number of anilines is 1. The summed E-state index contributed by atoms with van der Waals surface area (Å²) < 4.78 is 0. The molecule has 0 N–H and O–H groups in total. The largest absolute Gasteiger partial charge is 0.369 e. The van der Waals surface area contributed by atoms with E-state index in [0.29, 0.717) is 17.7 Å². The van der Waals surface area contributed by atoms with Crippen LogP contribution in [0.2, 0.25) is 5.02 Å². The highest BCUT2D eigenvalue weighted by Gasteiger charge is 2.32. The first-order valence-corrected chi connectivity index (χ1v) is 12.6. The number of imide groups is 1. The molecular weight excluding hydrogens is 446 g/mol. The molecule has 3 aromatic carbocycles. The average Bonchev–Trinajstić information content (AvgIpc) is 2.87. The maximum absolute atomic E-state index is 13.0. The minimum absolute atomic E-state index is 0.159. The molecule has 0 aliphatic carbocycles. The van der Waals surface area contributed by atoms with Gasteiger partial charge in [-0.15, -0.1) is 0 Å². The molecule has 0 saturated carbocycles. The molecule has 2 amide bonds. The molecule has 0 radical (unpaired) electrons. The monoisotopic (exact) mass is 475 g/mol. The minimum Gasteiger partial charge on any atom is -0.369 e. The Kier molecular flexibility index (Phi) is 6.84. The van der Waals surface area contributed by atoms with Crippen LogP contribution in [0, 0.1) is 0 Å². The van der Waals surface area contributed by atoms with Crippen LogP contribution in [-0.2, 0) is 0 Å². The predicted octanol–water partition coefficient (Wildman–Crippen LogP) is 5.47. The van der Waals surface area contributed by atoms with E-state index >= 15 is 0 Å². The van der Waals surface area contributed by atoms with E-state index < -0.39 is 0 Å². The van der Waals surface area contributed by atoms with E-state index in [0.717, 1.165) is 74.2 Å². The fourth-order valence-corrected chi connectivity index (χ4v) is 5.25. The molecule has 0 bridgehead atoms. The van der Waals surface area contributed by atoms with Crippen molar-refractivity contribution < 1.29 is 9.59 Å². The van der Waals surface area contributed by atoms with Gasteiger partial charge in [0.05, 0.1) is 0 Å². The van der Waals surface area contributed by atoms with Crippen LogP contribution in [0.15, 0.2) is 60.7 Å². The van der Waals surface area contributed by atoms with Gasteiger partial charge in [0.1, 0.15) is 0 Å². The van der Waals surface area contributed by atoms with E-state index in [4.69, 9.17) is 11.6 Å². The molecule has 0 atom stereocenters. The molecule has 5 rings (SSSR count). The molecule has 5 nitrogen and oxygen atoms in total. The Bertz CT molecular complexity index is 1140. The van der Waals surface area contributed by atoms with Crippen molar-refractivity contribution in [3.8, 4) is 0 Å². The number of rotatable bonds is 8. The van der Waals surface area contributed by atoms with Gasteiger partial charge in [0.25, 0.3) is 11.8 Å². The predicted molar refractivity (Wildman–Crippen MR) is 138 cm³/mol. The second-order valence-electron chi connectivity index (χ2n) is 9.19. The lowest BCUT2D eigenvalue weighted by molar-refractivity contribution is 0.0607. The number of carbonyl (C=O) groups is 2. The van der Waals surface area contributed by atoms with E-state index in [1.165, 1.54) is 10.6 Å². The zero-order chi connectivity index (χ0) is 23.5. The van der Waals surface area contributed by atoms with Crippen molar-refractivity contribution in [3.05, 3.63) is 76.8 Å². The summed E-state index contributed by atoms with van der Waals surface area (Å²) in [5.41, 5.74) is 2.53. The number of piperazine rings is 1. The van der Waals surface area contributed by atoms with E-state index in [1.807, 2.05) is 48.5 Å². The normalized spacial score (nSPS) is 16.5. The summed E-state index contributed by atoms with van der Waals surface area (Å²) in [7, 11) is 0. The molecule has 1 fully saturated rings. The zero-order valence-corrected chi connectivity index (χ0v) is 20.1. The summed E-state index contributed by atoms with van der Waals surface area (Å²) in [4.78, 5) is 32.3. The van der Waals surface area contributed by atoms with E-state index in [1.54, 1.807) is 0 Å². The number of hydrogen-bond acceptors (Lipinski definition) is 4. The Balaban J connectivity index is 1.04. The molecular formula is C28H30ClN3O2. The Labute approximate surface area is 205 Å². The Hall–Kier alpha value is -2.89. The van der Waals surface area contributed by atoms with Crippen LogP contribution < -0.4 is 4.90 Å². The van der Waals surface area contributed by atoms with Crippen molar-refractivity contribution in [2.75, 3.05) is 44.2 Å². The second-order valence-corrected chi connectivity index (χ2v) is 9.63. The molecule has 0 spiro atoms. The van der Waals surface area contributed by atoms with Crippen LogP contribution in [0.25, 0.3) is 10.8 Å². The summed E-state index contributed by atoms with van der Waals surface area (Å²) in [6, 6.07) is 19.4. The van der Waals surface area contributed by atoms with Gasteiger partial charge in [-0.05, 0) is 61.2 Å². The van der Waals surface area contributed by atoms with Crippen LogP contribution in [0.4, 0.5) is 5.69 Å². The van der Waals surface area contributed by atoms with E-state index in [-0.39, 0.29) is 11.8 Å². The van der Waals surface area contributed by atoms with Crippen molar-refractivity contribution in [1.82, 2.24) is 9.80 Å². The second kappa shape index (κ2) is 10.2. The number of nitrogens with zero attached hydrogens (tertiary/aromatic N) is 3. The average molecular weight is 476 g/mol. The first kappa shape index (κ1) is 22.9. The Morgan fingerprint density at radius 1 is 0.676 bits per heavy atom. The molecule has 3 aromatic rings. The highest BCUT2D eigenvalue weighted by Crippen LogP contribution is 2.30. The summed E-state index contributed by atoms with van der Waals surface area (Å²) in [5.74, 6) is -0.319. The maximum atomic E-state index is 13.0. The lowest BCUT2D eigenvalue weighted by atomic mass is 9.94. The molecule has 176 valence electrons. The Morgan fingerprint density at radius 2 is 1.26 bits per heavy atom. The number of amides is 2. The van der Waals surface area contributed by atoms with Crippen LogP contribution in [0.5, 0.6) is 0 Å². The molecule has 1 saturated heterocycles.